The van der Waals surface area contributed by atoms with Crippen LogP contribution in [0.15, 0.2) is 30.3 Å². The Morgan fingerprint density at radius 1 is 1.27 bits per heavy atom. The first-order valence-corrected chi connectivity index (χ1v) is 8.55. The summed E-state index contributed by atoms with van der Waals surface area (Å²) in [6.07, 6.45) is 2.79. The molecule has 3 nitrogen and oxygen atoms in total. The number of benzene rings is 1. The van der Waals surface area contributed by atoms with E-state index in [1.54, 1.807) is 0 Å². The van der Waals surface area contributed by atoms with Gasteiger partial charge in [0.1, 0.15) is 4.88 Å². The van der Waals surface area contributed by atoms with Crippen LogP contribution in [-0.2, 0) is 6.42 Å². The highest BCUT2D eigenvalue weighted by molar-refractivity contribution is 7.13. The summed E-state index contributed by atoms with van der Waals surface area (Å²) in [5, 5.41) is 4.11. The van der Waals surface area contributed by atoms with Crippen LogP contribution in [0.2, 0.25) is 0 Å². The SMILES string of the molecule is CCCC(C)(C)NC(=O)c1sc(Cc2ccccc2)nc1C. The van der Waals surface area contributed by atoms with Crippen LogP contribution in [0.25, 0.3) is 0 Å². The molecule has 0 unspecified atom stereocenters. The molecule has 1 heterocycles. The third-order valence-electron chi connectivity index (χ3n) is 3.57. The number of aryl methyl sites for hydroxylation is 1. The summed E-state index contributed by atoms with van der Waals surface area (Å²) >= 11 is 1.50. The van der Waals surface area contributed by atoms with Crippen molar-refractivity contribution in [3.05, 3.63) is 51.5 Å². The van der Waals surface area contributed by atoms with E-state index in [4.69, 9.17) is 0 Å². The Bertz CT molecular complexity index is 632. The molecule has 0 bridgehead atoms. The molecule has 1 aromatic heterocycles. The molecule has 118 valence electrons. The predicted octanol–water partition coefficient (Wildman–Crippen LogP) is 4.35. The van der Waals surface area contributed by atoms with Crippen LogP contribution in [0.1, 0.15) is 59.5 Å². The van der Waals surface area contributed by atoms with Gasteiger partial charge in [-0.3, -0.25) is 4.79 Å². The normalized spacial score (nSPS) is 11.5. The van der Waals surface area contributed by atoms with Crippen molar-refractivity contribution in [2.45, 2.75) is 52.5 Å². The second-order valence-corrected chi connectivity index (χ2v) is 7.36. The standard InChI is InChI=1S/C18H24N2OS/c1-5-11-18(3,4)20-17(21)16-13(2)19-15(22-16)12-14-9-7-6-8-10-14/h6-10H,5,11-12H2,1-4H3,(H,20,21). The summed E-state index contributed by atoms with van der Waals surface area (Å²) in [7, 11) is 0. The fraction of sp³-hybridized carbons (Fsp3) is 0.444. The molecular weight excluding hydrogens is 292 g/mol. The Morgan fingerprint density at radius 2 is 1.95 bits per heavy atom. The highest BCUT2D eigenvalue weighted by Gasteiger charge is 2.23. The van der Waals surface area contributed by atoms with Crippen LogP contribution >= 0.6 is 11.3 Å². The number of aromatic nitrogens is 1. The number of nitrogens with zero attached hydrogens (tertiary/aromatic N) is 1. The van der Waals surface area contributed by atoms with E-state index in [2.05, 4.69) is 43.2 Å². The molecule has 0 fully saturated rings. The summed E-state index contributed by atoms with van der Waals surface area (Å²) in [6, 6.07) is 10.2. The first-order chi connectivity index (χ1) is 10.4. The van der Waals surface area contributed by atoms with Crippen molar-refractivity contribution >= 4 is 17.2 Å². The second-order valence-electron chi connectivity index (χ2n) is 6.27. The van der Waals surface area contributed by atoms with Crippen LogP contribution in [0.5, 0.6) is 0 Å². The number of thiazole rings is 1. The van der Waals surface area contributed by atoms with E-state index in [0.29, 0.717) is 0 Å². The van der Waals surface area contributed by atoms with Crippen LogP contribution in [0, 0.1) is 6.92 Å². The Labute approximate surface area is 136 Å². The number of hydrogen-bond acceptors (Lipinski definition) is 3. The van der Waals surface area contributed by atoms with Gasteiger partial charge in [-0.2, -0.15) is 0 Å². The van der Waals surface area contributed by atoms with Gasteiger partial charge in [-0.15, -0.1) is 11.3 Å². The van der Waals surface area contributed by atoms with Gasteiger partial charge in [-0.05, 0) is 32.8 Å². The Balaban J connectivity index is 2.11. The summed E-state index contributed by atoms with van der Waals surface area (Å²) < 4.78 is 0. The van der Waals surface area contributed by atoms with Crippen molar-refractivity contribution in [1.82, 2.24) is 10.3 Å². The number of carbonyl (C=O) groups is 1. The molecule has 0 radical (unpaired) electrons. The molecule has 1 amide bonds. The fourth-order valence-electron chi connectivity index (χ4n) is 2.56. The van der Waals surface area contributed by atoms with E-state index in [1.165, 1.54) is 16.9 Å². The molecule has 1 aromatic carbocycles. The number of amides is 1. The second kappa shape index (κ2) is 7.05. The van der Waals surface area contributed by atoms with E-state index in [9.17, 15) is 4.79 Å². The molecule has 0 aliphatic heterocycles. The molecule has 1 N–H and O–H groups in total. The van der Waals surface area contributed by atoms with Gasteiger partial charge in [-0.25, -0.2) is 4.98 Å². The van der Waals surface area contributed by atoms with Crippen LogP contribution in [0.3, 0.4) is 0 Å². The maximum Gasteiger partial charge on any atom is 0.263 e. The summed E-state index contributed by atoms with van der Waals surface area (Å²) in [5.41, 5.74) is 1.86. The summed E-state index contributed by atoms with van der Waals surface area (Å²) in [4.78, 5) is 17.8. The highest BCUT2D eigenvalue weighted by Crippen LogP contribution is 2.22. The fourth-order valence-corrected chi connectivity index (χ4v) is 3.55. The number of hydrogen-bond donors (Lipinski definition) is 1. The maximum absolute atomic E-state index is 12.5. The first-order valence-electron chi connectivity index (χ1n) is 7.74. The molecule has 0 saturated heterocycles. The van der Waals surface area contributed by atoms with Crippen LogP contribution in [-0.4, -0.2) is 16.4 Å². The number of carbonyl (C=O) groups excluding carboxylic acids is 1. The molecule has 0 aliphatic carbocycles. The van der Waals surface area contributed by atoms with Crippen molar-refractivity contribution in [2.24, 2.45) is 0 Å². The van der Waals surface area contributed by atoms with Crippen molar-refractivity contribution in [3.63, 3.8) is 0 Å². The molecule has 0 saturated carbocycles. The lowest BCUT2D eigenvalue weighted by molar-refractivity contribution is 0.0912. The zero-order chi connectivity index (χ0) is 16.2. The van der Waals surface area contributed by atoms with Gasteiger partial charge in [-0.1, -0.05) is 43.7 Å². The van der Waals surface area contributed by atoms with E-state index in [-0.39, 0.29) is 11.4 Å². The topological polar surface area (TPSA) is 42.0 Å². The minimum absolute atomic E-state index is 0.00670. The van der Waals surface area contributed by atoms with Crippen molar-refractivity contribution in [3.8, 4) is 0 Å². The van der Waals surface area contributed by atoms with Crippen LogP contribution in [0.4, 0.5) is 0 Å². The first kappa shape index (κ1) is 16.7. The van der Waals surface area contributed by atoms with Crippen LogP contribution < -0.4 is 5.32 Å². The van der Waals surface area contributed by atoms with E-state index < -0.39 is 0 Å². The van der Waals surface area contributed by atoms with Gasteiger partial charge in [0.2, 0.25) is 0 Å². The lowest BCUT2D eigenvalue weighted by atomic mass is 9.99. The summed E-state index contributed by atoms with van der Waals surface area (Å²) in [5.74, 6) is -0.00670. The predicted molar refractivity (Wildman–Crippen MR) is 92.6 cm³/mol. The summed E-state index contributed by atoms with van der Waals surface area (Å²) in [6.45, 7) is 8.17. The molecule has 2 aromatic rings. The van der Waals surface area contributed by atoms with Gasteiger partial charge in [0.15, 0.2) is 0 Å². The molecule has 2 rings (SSSR count). The molecule has 22 heavy (non-hydrogen) atoms. The smallest absolute Gasteiger partial charge is 0.263 e. The molecular formula is C18H24N2OS. The van der Waals surface area contributed by atoms with Gasteiger partial charge in [0.25, 0.3) is 5.91 Å². The maximum atomic E-state index is 12.5. The minimum atomic E-state index is -0.179. The third-order valence-corrected chi connectivity index (χ3v) is 4.73. The monoisotopic (exact) mass is 316 g/mol. The zero-order valence-electron chi connectivity index (χ0n) is 13.8. The van der Waals surface area contributed by atoms with Crippen molar-refractivity contribution < 1.29 is 4.79 Å². The Kier molecular flexibility index (Phi) is 5.35. The number of nitrogens with one attached hydrogen (secondary N) is 1. The lowest BCUT2D eigenvalue weighted by Gasteiger charge is -2.25. The molecule has 4 heteroatoms. The zero-order valence-corrected chi connectivity index (χ0v) is 14.6. The highest BCUT2D eigenvalue weighted by atomic mass is 32.1. The van der Waals surface area contributed by atoms with E-state index >= 15 is 0 Å². The quantitative estimate of drug-likeness (QED) is 0.861. The average molecular weight is 316 g/mol. The van der Waals surface area contributed by atoms with E-state index in [1.807, 2.05) is 25.1 Å². The van der Waals surface area contributed by atoms with E-state index in [0.717, 1.165) is 34.8 Å². The Morgan fingerprint density at radius 3 is 2.59 bits per heavy atom. The molecule has 0 spiro atoms. The van der Waals surface area contributed by atoms with Gasteiger partial charge in [0, 0.05) is 12.0 Å². The lowest BCUT2D eigenvalue weighted by Crippen LogP contribution is -2.43. The number of rotatable bonds is 6. The Hall–Kier alpha value is -1.68. The van der Waals surface area contributed by atoms with Gasteiger partial charge in [0.05, 0.1) is 10.7 Å². The third kappa shape index (κ3) is 4.41. The molecule has 0 aliphatic rings. The van der Waals surface area contributed by atoms with Gasteiger partial charge >= 0.3 is 0 Å². The van der Waals surface area contributed by atoms with Gasteiger partial charge < -0.3 is 5.32 Å². The minimum Gasteiger partial charge on any atom is -0.346 e. The average Bonchev–Trinajstić information content (AvgIpc) is 2.80. The molecule has 0 atom stereocenters. The van der Waals surface area contributed by atoms with Crippen molar-refractivity contribution in [2.75, 3.05) is 0 Å². The van der Waals surface area contributed by atoms with Crippen molar-refractivity contribution in [1.29, 1.82) is 0 Å². The largest absolute Gasteiger partial charge is 0.346 e.